The summed E-state index contributed by atoms with van der Waals surface area (Å²) >= 11 is 0. The molecular weight excluding hydrogens is 166 g/mol. The number of oxime groups is 1. The summed E-state index contributed by atoms with van der Waals surface area (Å²) in [6, 6.07) is 0.709. The van der Waals surface area contributed by atoms with E-state index in [1.165, 1.54) is 25.7 Å². The maximum atomic E-state index is 8.47. The fraction of sp³-hybridized carbons (Fsp3) is 0.889. The summed E-state index contributed by atoms with van der Waals surface area (Å²) in [6.07, 6.45) is 5.31. The van der Waals surface area contributed by atoms with Crippen molar-refractivity contribution in [3.63, 3.8) is 0 Å². The molecule has 4 nitrogen and oxygen atoms in total. The number of nitrogens with two attached hydrogens (primary N) is 1. The van der Waals surface area contributed by atoms with Gasteiger partial charge in [-0.05, 0) is 31.7 Å². The molecule has 13 heavy (non-hydrogen) atoms. The van der Waals surface area contributed by atoms with Crippen LogP contribution in [-0.4, -0.2) is 35.1 Å². The summed E-state index contributed by atoms with van der Waals surface area (Å²) in [7, 11) is 0. The topological polar surface area (TPSA) is 61.8 Å². The SMILES string of the molecule is N/C(CN1CCC2CCCC21)=N\O. The Morgan fingerprint density at radius 1 is 1.46 bits per heavy atom. The van der Waals surface area contributed by atoms with Gasteiger partial charge in [0.25, 0.3) is 0 Å². The number of likely N-dealkylation sites (tertiary alicyclic amines) is 1. The van der Waals surface area contributed by atoms with Crippen LogP contribution in [0.25, 0.3) is 0 Å². The summed E-state index contributed by atoms with van der Waals surface area (Å²) in [5, 5.41) is 11.5. The second-order valence-corrected chi connectivity index (χ2v) is 4.11. The normalized spacial score (nSPS) is 35.2. The van der Waals surface area contributed by atoms with Crippen LogP contribution < -0.4 is 5.73 Å². The van der Waals surface area contributed by atoms with Gasteiger partial charge in [0.05, 0.1) is 6.54 Å². The zero-order chi connectivity index (χ0) is 9.26. The highest BCUT2D eigenvalue weighted by atomic mass is 16.4. The quantitative estimate of drug-likeness (QED) is 0.285. The van der Waals surface area contributed by atoms with Crippen LogP contribution in [0.15, 0.2) is 5.16 Å². The third-order valence-corrected chi connectivity index (χ3v) is 3.37. The average Bonchev–Trinajstić information content (AvgIpc) is 2.69. The third kappa shape index (κ3) is 1.63. The molecule has 0 amide bonds. The molecule has 2 fully saturated rings. The second kappa shape index (κ2) is 3.54. The molecule has 4 heteroatoms. The lowest BCUT2D eigenvalue weighted by molar-refractivity contribution is 0.264. The van der Waals surface area contributed by atoms with Gasteiger partial charge in [-0.1, -0.05) is 11.6 Å². The van der Waals surface area contributed by atoms with Crippen LogP contribution in [0.1, 0.15) is 25.7 Å². The third-order valence-electron chi connectivity index (χ3n) is 3.37. The second-order valence-electron chi connectivity index (χ2n) is 4.11. The van der Waals surface area contributed by atoms with Gasteiger partial charge < -0.3 is 10.9 Å². The summed E-state index contributed by atoms with van der Waals surface area (Å²) in [5.41, 5.74) is 5.49. The highest BCUT2D eigenvalue weighted by molar-refractivity contribution is 5.81. The summed E-state index contributed by atoms with van der Waals surface area (Å²) < 4.78 is 0. The number of hydrogen-bond acceptors (Lipinski definition) is 3. The number of nitrogens with zero attached hydrogens (tertiary/aromatic N) is 2. The molecule has 2 atom stereocenters. The molecule has 2 rings (SSSR count). The molecule has 0 aromatic heterocycles. The molecule has 0 bridgehead atoms. The minimum absolute atomic E-state index is 0.340. The molecule has 1 heterocycles. The van der Waals surface area contributed by atoms with E-state index in [0.717, 1.165) is 12.5 Å². The molecule has 2 unspecified atom stereocenters. The smallest absolute Gasteiger partial charge is 0.153 e. The molecule has 0 spiro atoms. The molecule has 1 saturated heterocycles. The number of hydrogen-bond donors (Lipinski definition) is 2. The van der Waals surface area contributed by atoms with Crippen LogP contribution in [-0.2, 0) is 0 Å². The first kappa shape index (κ1) is 8.81. The van der Waals surface area contributed by atoms with Crippen LogP contribution in [0.2, 0.25) is 0 Å². The fourth-order valence-electron chi connectivity index (χ4n) is 2.77. The maximum Gasteiger partial charge on any atom is 0.153 e. The number of amidine groups is 1. The van der Waals surface area contributed by atoms with Crippen molar-refractivity contribution in [2.24, 2.45) is 16.8 Å². The molecule has 0 radical (unpaired) electrons. The Morgan fingerprint density at radius 2 is 2.31 bits per heavy atom. The lowest BCUT2D eigenvalue weighted by Gasteiger charge is -2.22. The van der Waals surface area contributed by atoms with Crippen molar-refractivity contribution < 1.29 is 5.21 Å². The van der Waals surface area contributed by atoms with Crippen LogP contribution in [0.3, 0.4) is 0 Å². The van der Waals surface area contributed by atoms with Crippen LogP contribution in [0.4, 0.5) is 0 Å². The molecule has 0 aromatic rings. The van der Waals surface area contributed by atoms with Crippen molar-refractivity contribution in [3.8, 4) is 0 Å². The Balaban J connectivity index is 1.93. The van der Waals surface area contributed by atoms with Crippen molar-refractivity contribution in [3.05, 3.63) is 0 Å². The van der Waals surface area contributed by atoms with E-state index in [1.54, 1.807) is 0 Å². The Bertz CT molecular complexity index is 217. The van der Waals surface area contributed by atoms with Gasteiger partial charge in [-0.3, -0.25) is 4.90 Å². The molecular formula is C9H17N3O. The first-order chi connectivity index (χ1) is 6.31. The first-order valence-electron chi connectivity index (χ1n) is 5.01. The van der Waals surface area contributed by atoms with E-state index in [2.05, 4.69) is 10.1 Å². The minimum atomic E-state index is 0.340. The summed E-state index contributed by atoms with van der Waals surface area (Å²) in [4.78, 5) is 2.35. The standard InChI is InChI=1S/C9H17N3O/c10-9(11-13)6-12-5-4-7-2-1-3-8(7)12/h7-8,13H,1-6H2,(H2,10,11). The Kier molecular flexibility index (Phi) is 2.40. The fourth-order valence-corrected chi connectivity index (χ4v) is 2.77. The van der Waals surface area contributed by atoms with Gasteiger partial charge in [0, 0.05) is 6.04 Å². The molecule has 1 aliphatic heterocycles. The van der Waals surface area contributed by atoms with E-state index in [0.29, 0.717) is 18.4 Å². The largest absolute Gasteiger partial charge is 0.409 e. The van der Waals surface area contributed by atoms with Crippen LogP contribution in [0.5, 0.6) is 0 Å². The van der Waals surface area contributed by atoms with Crippen molar-refractivity contribution in [2.45, 2.75) is 31.7 Å². The van der Waals surface area contributed by atoms with E-state index in [1.807, 2.05) is 0 Å². The van der Waals surface area contributed by atoms with Crippen molar-refractivity contribution in [1.82, 2.24) is 4.90 Å². The Labute approximate surface area is 78.4 Å². The van der Waals surface area contributed by atoms with E-state index < -0.39 is 0 Å². The molecule has 2 aliphatic rings. The highest BCUT2D eigenvalue weighted by Gasteiger charge is 2.37. The van der Waals surface area contributed by atoms with Crippen molar-refractivity contribution >= 4 is 5.84 Å². The van der Waals surface area contributed by atoms with Gasteiger partial charge in [0.15, 0.2) is 5.84 Å². The number of fused-ring (bicyclic) bond motifs is 1. The molecule has 1 saturated carbocycles. The lowest BCUT2D eigenvalue weighted by atomic mass is 10.1. The predicted molar refractivity (Wildman–Crippen MR) is 50.7 cm³/mol. The Morgan fingerprint density at radius 3 is 3.08 bits per heavy atom. The summed E-state index contributed by atoms with van der Waals surface area (Å²) in [6.45, 7) is 1.75. The van der Waals surface area contributed by atoms with Crippen molar-refractivity contribution in [2.75, 3.05) is 13.1 Å². The van der Waals surface area contributed by atoms with Crippen molar-refractivity contribution in [1.29, 1.82) is 0 Å². The molecule has 1 aliphatic carbocycles. The molecule has 3 N–H and O–H groups in total. The first-order valence-corrected chi connectivity index (χ1v) is 5.01. The molecule has 0 aromatic carbocycles. The predicted octanol–water partition coefficient (Wildman–Crippen LogP) is 0.607. The van der Waals surface area contributed by atoms with Gasteiger partial charge in [0.2, 0.25) is 0 Å². The maximum absolute atomic E-state index is 8.47. The van der Waals surface area contributed by atoms with Gasteiger partial charge in [-0.15, -0.1) is 0 Å². The zero-order valence-corrected chi connectivity index (χ0v) is 7.82. The van der Waals surface area contributed by atoms with E-state index in [9.17, 15) is 0 Å². The van der Waals surface area contributed by atoms with Gasteiger partial charge >= 0.3 is 0 Å². The average molecular weight is 183 g/mol. The van der Waals surface area contributed by atoms with Gasteiger partial charge in [-0.2, -0.15) is 0 Å². The minimum Gasteiger partial charge on any atom is -0.409 e. The summed E-state index contributed by atoms with van der Waals surface area (Å²) in [5.74, 6) is 1.22. The highest BCUT2D eigenvalue weighted by Crippen LogP contribution is 2.37. The Hall–Kier alpha value is -0.770. The van der Waals surface area contributed by atoms with Gasteiger partial charge in [0.1, 0.15) is 0 Å². The molecule has 74 valence electrons. The van der Waals surface area contributed by atoms with E-state index in [-0.39, 0.29) is 0 Å². The van der Waals surface area contributed by atoms with Gasteiger partial charge in [-0.25, -0.2) is 0 Å². The van der Waals surface area contributed by atoms with E-state index >= 15 is 0 Å². The zero-order valence-electron chi connectivity index (χ0n) is 7.82. The van der Waals surface area contributed by atoms with E-state index in [4.69, 9.17) is 10.9 Å². The number of rotatable bonds is 2. The van der Waals surface area contributed by atoms with Crippen LogP contribution >= 0.6 is 0 Å². The monoisotopic (exact) mass is 183 g/mol. The van der Waals surface area contributed by atoms with Crippen LogP contribution in [0, 0.1) is 5.92 Å². The lowest BCUT2D eigenvalue weighted by Crippen LogP contribution is -2.37.